The van der Waals surface area contributed by atoms with Gasteiger partial charge in [-0.05, 0) is 47.8 Å². The summed E-state index contributed by atoms with van der Waals surface area (Å²) in [4.78, 5) is 12.4. The fourth-order valence-electron chi connectivity index (χ4n) is 5.14. The number of hydrogen-bond acceptors (Lipinski definition) is 4. The summed E-state index contributed by atoms with van der Waals surface area (Å²) in [7, 11) is 0. The number of nitrogens with zero attached hydrogens (tertiary/aromatic N) is 2. The van der Waals surface area contributed by atoms with E-state index in [-0.39, 0.29) is 11.9 Å². The molecule has 1 amide bonds. The molecule has 0 radical (unpaired) electrons. The molecule has 3 N–H and O–H groups in total. The SMILES string of the molecule is O=C1CC(c2cccc(Cn3cccn3)c2)C2CC3CNNC3CC2N1. The molecular weight excluding hydrogens is 326 g/mol. The summed E-state index contributed by atoms with van der Waals surface area (Å²) >= 11 is 0. The number of amides is 1. The zero-order valence-electron chi connectivity index (χ0n) is 14.8. The first-order chi connectivity index (χ1) is 12.8. The van der Waals surface area contributed by atoms with Crippen molar-refractivity contribution in [1.82, 2.24) is 25.9 Å². The van der Waals surface area contributed by atoms with Crippen LogP contribution in [0, 0.1) is 11.8 Å². The minimum atomic E-state index is 0.193. The topological polar surface area (TPSA) is 71.0 Å². The molecule has 0 spiro atoms. The summed E-state index contributed by atoms with van der Waals surface area (Å²) < 4.78 is 1.94. The number of fused-ring (bicyclic) bond motifs is 2. The van der Waals surface area contributed by atoms with Crippen LogP contribution in [-0.2, 0) is 11.3 Å². The number of benzene rings is 1. The Hall–Kier alpha value is -2.18. The van der Waals surface area contributed by atoms with Crippen LogP contribution in [0.15, 0.2) is 42.7 Å². The zero-order chi connectivity index (χ0) is 17.5. The molecule has 5 rings (SSSR count). The Balaban J connectivity index is 1.41. The maximum Gasteiger partial charge on any atom is 0.220 e. The van der Waals surface area contributed by atoms with Crippen molar-refractivity contribution in [3.8, 4) is 0 Å². The zero-order valence-corrected chi connectivity index (χ0v) is 14.8. The summed E-state index contributed by atoms with van der Waals surface area (Å²) in [5.41, 5.74) is 9.23. The molecule has 3 aliphatic rings. The first-order valence-electron chi connectivity index (χ1n) is 9.60. The lowest BCUT2D eigenvalue weighted by molar-refractivity contribution is -0.126. The van der Waals surface area contributed by atoms with Crippen LogP contribution in [0.3, 0.4) is 0 Å². The predicted molar refractivity (Wildman–Crippen MR) is 98.2 cm³/mol. The number of hydrazine groups is 1. The molecule has 2 aromatic rings. The van der Waals surface area contributed by atoms with E-state index in [1.165, 1.54) is 17.5 Å². The van der Waals surface area contributed by atoms with Crippen molar-refractivity contribution in [3.63, 3.8) is 0 Å². The van der Waals surface area contributed by atoms with Crippen molar-refractivity contribution in [2.24, 2.45) is 11.8 Å². The van der Waals surface area contributed by atoms with Gasteiger partial charge < -0.3 is 5.32 Å². The van der Waals surface area contributed by atoms with E-state index in [1.807, 2.05) is 23.1 Å². The summed E-state index contributed by atoms with van der Waals surface area (Å²) in [6.07, 6.45) is 6.59. The second-order valence-electron chi connectivity index (χ2n) is 7.96. The van der Waals surface area contributed by atoms with Crippen LogP contribution in [-0.4, -0.2) is 34.3 Å². The molecule has 1 aliphatic carbocycles. The number of hydrogen-bond donors (Lipinski definition) is 3. The average molecular weight is 351 g/mol. The van der Waals surface area contributed by atoms with E-state index in [0.717, 1.165) is 19.5 Å². The molecule has 0 bridgehead atoms. The normalized spacial score (nSPS) is 33.4. The van der Waals surface area contributed by atoms with Crippen LogP contribution in [0.25, 0.3) is 0 Å². The first kappa shape index (κ1) is 16.0. The van der Waals surface area contributed by atoms with E-state index in [4.69, 9.17) is 0 Å². The molecule has 3 heterocycles. The Labute approximate surface area is 153 Å². The maximum absolute atomic E-state index is 12.4. The molecule has 6 heteroatoms. The summed E-state index contributed by atoms with van der Waals surface area (Å²) in [6.45, 7) is 1.81. The lowest BCUT2D eigenvalue weighted by atomic mass is 9.66. The number of rotatable bonds is 3. The van der Waals surface area contributed by atoms with Gasteiger partial charge in [0.2, 0.25) is 5.91 Å². The summed E-state index contributed by atoms with van der Waals surface area (Å²) in [5, 5.41) is 7.57. The number of carbonyl (C=O) groups excluding carboxylic acids is 1. The monoisotopic (exact) mass is 351 g/mol. The van der Waals surface area contributed by atoms with Gasteiger partial charge in [0.1, 0.15) is 0 Å². The van der Waals surface area contributed by atoms with E-state index in [0.29, 0.717) is 30.2 Å². The standard InChI is InChI=1S/C20H25N5O/c26-20-9-16(17-8-15-11-21-24-18(15)10-19(17)23-20)14-4-1-3-13(7-14)12-25-6-2-5-22-25/h1-7,15-19,21,24H,8-12H2,(H,23,26). The van der Waals surface area contributed by atoms with Crippen molar-refractivity contribution in [2.75, 3.05) is 6.54 Å². The van der Waals surface area contributed by atoms with E-state index >= 15 is 0 Å². The third-order valence-corrected chi connectivity index (χ3v) is 6.37. The van der Waals surface area contributed by atoms with Crippen LogP contribution in [0.4, 0.5) is 0 Å². The fourth-order valence-corrected chi connectivity index (χ4v) is 5.14. The number of piperidine rings is 1. The van der Waals surface area contributed by atoms with E-state index in [9.17, 15) is 4.79 Å². The minimum absolute atomic E-state index is 0.193. The molecule has 2 saturated heterocycles. The van der Waals surface area contributed by atoms with Crippen molar-refractivity contribution >= 4 is 5.91 Å². The van der Waals surface area contributed by atoms with Gasteiger partial charge in [-0.2, -0.15) is 5.10 Å². The Morgan fingerprint density at radius 3 is 3.04 bits per heavy atom. The van der Waals surface area contributed by atoms with Crippen molar-refractivity contribution in [1.29, 1.82) is 0 Å². The van der Waals surface area contributed by atoms with Crippen LogP contribution in [0.1, 0.15) is 36.3 Å². The van der Waals surface area contributed by atoms with Crippen molar-refractivity contribution in [2.45, 2.75) is 43.8 Å². The molecule has 6 nitrogen and oxygen atoms in total. The van der Waals surface area contributed by atoms with E-state index < -0.39 is 0 Å². The maximum atomic E-state index is 12.4. The Kier molecular flexibility index (Phi) is 4.02. The van der Waals surface area contributed by atoms with Crippen LogP contribution < -0.4 is 16.2 Å². The molecule has 1 aromatic heterocycles. The third-order valence-electron chi connectivity index (χ3n) is 6.37. The Morgan fingerprint density at radius 2 is 2.15 bits per heavy atom. The minimum Gasteiger partial charge on any atom is -0.353 e. The second-order valence-corrected chi connectivity index (χ2v) is 7.96. The fraction of sp³-hybridized carbons (Fsp3) is 0.500. The number of carbonyl (C=O) groups is 1. The molecule has 3 fully saturated rings. The average Bonchev–Trinajstić information content (AvgIpc) is 3.31. The van der Waals surface area contributed by atoms with Gasteiger partial charge in [-0.3, -0.25) is 20.3 Å². The first-order valence-corrected chi connectivity index (χ1v) is 9.60. The van der Waals surface area contributed by atoms with Gasteiger partial charge in [-0.25, -0.2) is 0 Å². The van der Waals surface area contributed by atoms with Gasteiger partial charge in [0, 0.05) is 37.4 Å². The third kappa shape index (κ3) is 2.93. The summed E-state index contributed by atoms with van der Waals surface area (Å²) in [5.74, 6) is 1.70. The molecule has 26 heavy (non-hydrogen) atoms. The Morgan fingerprint density at radius 1 is 1.19 bits per heavy atom. The quantitative estimate of drug-likeness (QED) is 0.782. The molecule has 136 valence electrons. The largest absolute Gasteiger partial charge is 0.353 e. The van der Waals surface area contributed by atoms with Gasteiger partial charge >= 0.3 is 0 Å². The summed E-state index contributed by atoms with van der Waals surface area (Å²) in [6, 6.07) is 11.5. The van der Waals surface area contributed by atoms with Crippen molar-refractivity contribution in [3.05, 3.63) is 53.9 Å². The lowest BCUT2D eigenvalue weighted by Crippen LogP contribution is -2.55. The van der Waals surface area contributed by atoms with Crippen molar-refractivity contribution < 1.29 is 4.79 Å². The second kappa shape index (κ2) is 6.52. The van der Waals surface area contributed by atoms with Gasteiger partial charge in [-0.15, -0.1) is 0 Å². The molecule has 1 aromatic carbocycles. The van der Waals surface area contributed by atoms with Crippen LogP contribution in [0.5, 0.6) is 0 Å². The molecule has 1 saturated carbocycles. The molecular formula is C20H25N5O. The highest BCUT2D eigenvalue weighted by Gasteiger charge is 2.46. The van der Waals surface area contributed by atoms with E-state index in [1.54, 1.807) is 0 Å². The van der Waals surface area contributed by atoms with Gasteiger partial charge in [-0.1, -0.05) is 24.3 Å². The highest BCUT2D eigenvalue weighted by atomic mass is 16.1. The highest BCUT2D eigenvalue weighted by Crippen LogP contribution is 2.43. The van der Waals surface area contributed by atoms with E-state index in [2.05, 4.69) is 45.5 Å². The van der Waals surface area contributed by atoms with Gasteiger partial charge in [0.15, 0.2) is 0 Å². The smallest absolute Gasteiger partial charge is 0.220 e. The predicted octanol–water partition coefficient (Wildman–Crippen LogP) is 1.41. The molecule has 5 unspecified atom stereocenters. The molecule has 2 aliphatic heterocycles. The molecule has 5 atom stereocenters. The number of aromatic nitrogens is 2. The number of nitrogens with one attached hydrogen (secondary N) is 3. The Bertz CT molecular complexity index is 789. The van der Waals surface area contributed by atoms with Crippen LogP contribution in [0.2, 0.25) is 0 Å². The van der Waals surface area contributed by atoms with Gasteiger partial charge in [0.25, 0.3) is 0 Å². The van der Waals surface area contributed by atoms with Gasteiger partial charge in [0.05, 0.1) is 6.54 Å². The lowest BCUT2D eigenvalue weighted by Gasteiger charge is -2.45. The highest BCUT2D eigenvalue weighted by molar-refractivity contribution is 5.78. The van der Waals surface area contributed by atoms with Crippen LogP contribution >= 0.6 is 0 Å².